The maximum absolute atomic E-state index is 14.8. The van der Waals surface area contributed by atoms with Gasteiger partial charge in [-0.25, -0.2) is 14.4 Å². The molecule has 9 nitrogen and oxygen atoms in total. The Balaban J connectivity index is 1.66. The Morgan fingerprint density at radius 3 is 2.71 bits per heavy atom. The van der Waals surface area contributed by atoms with Crippen LogP contribution in [0, 0.1) is 28.5 Å². The lowest BCUT2D eigenvalue weighted by Gasteiger charge is -2.32. The fourth-order valence-electron chi connectivity index (χ4n) is 3.45. The monoisotopic (exact) mass is 414 g/mol. The van der Waals surface area contributed by atoms with E-state index in [-0.39, 0.29) is 29.5 Å². The van der Waals surface area contributed by atoms with Gasteiger partial charge in [-0.1, -0.05) is 0 Å². The molecule has 3 N–H and O–H groups in total. The summed E-state index contributed by atoms with van der Waals surface area (Å²) in [7, 11) is 0. The van der Waals surface area contributed by atoms with Crippen molar-refractivity contribution in [2.24, 2.45) is 10.7 Å². The van der Waals surface area contributed by atoms with Crippen LogP contribution in [0.5, 0.6) is 0 Å². The minimum Gasteiger partial charge on any atom is -0.382 e. The predicted molar refractivity (Wildman–Crippen MR) is 108 cm³/mol. The van der Waals surface area contributed by atoms with Crippen LogP contribution in [0.25, 0.3) is 0 Å². The predicted octanol–water partition coefficient (Wildman–Crippen LogP) is 2.05. The summed E-state index contributed by atoms with van der Waals surface area (Å²) >= 11 is 0. The van der Waals surface area contributed by atoms with E-state index < -0.39 is 17.3 Å². The minimum absolute atomic E-state index is 0.109. The normalized spacial score (nSPS) is 17.1. The molecule has 1 amide bonds. The summed E-state index contributed by atoms with van der Waals surface area (Å²) in [5.74, 6) is -0.757. The van der Waals surface area contributed by atoms with Crippen molar-refractivity contribution in [1.29, 1.82) is 10.5 Å². The zero-order valence-electron chi connectivity index (χ0n) is 16.3. The average molecular weight is 414 g/mol. The number of nitrogens with two attached hydrogens (primary N) is 1. The minimum atomic E-state index is -1.12. The van der Waals surface area contributed by atoms with Gasteiger partial charge in [-0.2, -0.15) is 10.5 Å². The van der Waals surface area contributed by atoms with Crippen molar-refractivity contribution in [3.63, 3.8) is 0 Å². The van der Waals surface area contributed by atoms with Crippen LogP contribution in [-0.4, -0.2) is 26.3 Å². The van der Waals surface area contributed by atoms with Gasteiger partial charge in [0.15, 0.2) is 0 Å². The number of nitrogens with zero attached hydrogens (tertiary/aromatic N) is 6. The number of carbonyl (C=O) groups is 1. The number of carbonyl (C=O) groups excluding carboxylic acids is 1. The lowest BCUT2D eigenvalue weighted by atomic mass is 9.90. The summed E-state index contributed by atoms with van der Waals surface area (Å²) < 4.78 is 16.4. The number of hydrogen-bond donors (Lipinski definition) is 2. The third-order valence-corrected chi connectivity index (χ3v) is 4.98. The van der Waals surface area contributed by atoms with Crippen LogP contribution in [-0.2, 0) is 12.1 Å². The van der Waals surface area contributed by atoms with Crippen molar-refractivity contribution in [3.8, 4) is 12.1 Å². The van der Waals surface area contributed by atoms with Crippen molar-refractivity contribution in [1.82, 2.24) is 14.5 Å². The third-order valence-electron chi connectivity index (χ3n) is 4.98. The summed E-state index contributed by atoms with van der Waals surface area (Å²) in [5.41, 5.74) is 6.39. The number of halogens is 1. The Morgan fingerprint density at radius 2 is 2.03 bits per heavy atom. The quantitative estimate of drug-likeness (QED) is 0.671. The molecule has 2 aromatic heterocycles. The number of nitriles is 2. The molecule has 3 aromatic rings. The molecule has 10 heteroatoms. The van der Waals surface area contributed by atoms with Crippen molar-refractivity contribution >= 4 is 17.4 Å². The van der Waals surface area contributed by atoms with Crippen LogP contribution in [0.1, 0.15) is 40.1 Å². The molecule has 1 aromatic carbocycles. The van der Waals surface area contributed by atoms with E-state index in [1.54, 1.807) is 11.5 Å². The van der Waals surface area contributed by atoms with Crippen molar-refractivity contribution in [3.05, 3.63) is 76.9 Å². The summed E-state index contributed by atoms with van der Waals surface area (Å²) in [6, 6.07) is 10.9. The van der Waals surface area contributed by atoms with Gasteiger partial charge in [-0.3, -0.25) is 9.79 Å². The molecule has 3 heterocycles. The van der Waals surface area contributed by atoms with Crippen LogP contribution >= 0.6 is 0 Å². The van der Waals surface area contributed by atoms with Crippen LogP contribution < -0.4 is 11.1 Å². The van der Waals surface area contributed by atoms with Crippen LogP contribution in [0.4, 0.5) is 10.1 Å². The van der Waals surface area contributed by atoms with Gasteiger partial charge in [-0.05, 0) is 37.3 Å². The third kappa shape index (κ3) is 3.47. The van der Waals surface area contributed by atoms with E-state index in [1.165, 1.54) is 42.7 Å². The number of amidine groups is 1. The molecule has 152 valence electrons. The molecule has 0 spiro atoms. The number of imidazole rings is 1. The fraction of sp³-hybridized carbons (Fsp3) is 0.143. The standard InChI is InChI=1S/C21H15FN8O/c1-21(11-30-17(19(25)29-21)10-27-18(30)8-24)14-6-13(3-4-15(14)22)28-20(31)16-5-2-12(7-23)9-26-16/h2-6,9-10H,11H2,1H3,(H2,25,29)(H,28,31). The Hall–Kier alpha value is -4.57. The van der Waals surface area contributed by atoms with Crippen molar-refractivity contribution in [2.75, 3.05) is 5.32 Å². The highest BCUT2D eigenvalue weighted by molar-refractivity contribution is 6.03. The molecule has 1 atom stereocenters. The lowest BCUT2D eigenvalue weighted by Crippen LogP contribution is -2.37. The van der Waals surface area contributed by atoms with E-state index in [9.17, 15) is 14.4 Å². The molecule has 1 unspecified atom stereocenters. The van der Waals surface area contributed by atoms with Gasteiger partial charge in [0.2, 0.25) is 5.82 Å². The number of fused-ring (bicyclic) bond motifs is 1. The average Bonchev–Trinajstić information content (AvgIpc) is 3.18. The molecule has 1 aliphatic rings. The van der Waals surface area contributed by atoms with E-state index in [1.807, 2.05) is 12.1 Å². The van der Waals surface area contributed by atoms with E-state index in [0.717, 1.165) is 0 Å². The lowest BCUT2D eigenvalue weighted by molar-refractivity contribution is 0.102. The smallest absolute Gasteiger partial charge is 0.274 e. The van der Waals surface area contributed by atoms with Crippen LogP contribution in [0.3, 0.4) is 0 Å². The number of nitrogens with one attached hydrogen (secondary N) is 1. The van der Waals surface area contributed by atoms with Gasteiger partial charge >= 0.3 is 0 Å². The van der Waals surface area contributed by atoms with Gasteiger partial charge in [-0.15, -0.1) is 0 Å². The number of rotatable bonds is 3. The number of aromatic nitrogens is 3. The topological polar surface area (TPSA) is 146 Å². The Morgan fingerprint density at radius 1 is 1.23 bits per heavy atom. The number of hydrogen-bond acceptors (Lipinski definition) is 7. The summed E-state index contributed by atoms with van der Waals surface area (Å²) in [6.45, 7) is 1.84. The molecule has 4 rings (SSSR count). The second-order valence-corrected chi connectivity index (χ2v) is 7.13. The van der Waals surface area contributed by atoms with Gasteiger partial charge in [0.1, 0.15) is 40.7 Å². The van der Waals surface area contributed by atoms with Crippen molar-refractivity contribution in [2.45, 2.75) is 19.0 Å². The summed E-state index contributed by atoms with van der Waals surface area (Å²) in [5, 5.41) is 20.8. The van der Waals surface area contributed by atoms with Crippen LogP contribution in [0.2, 0.25) is 0 Å². The maximum atomic E-state index is 14.8. The maximum Gasteiger partial charge on any atom is 0.274 e. The number of pyridine rings is 1. The number of amides is 1. The second kappa shape index (κ2) is 7.35. The van der Waals surface area contributed by atoms with Gasteiger partial charge in [0.05, 0.1) is 18.3 Å². The van der Waals surface area contributed by atoms with Gasteiger partial charge in [0.25, 0.3) is 5.91 Å². The largest absolute Gasteiger partial charge is 0.382 e. The van der Waals surface area contributed by atoms with E-state index in [0.29, 0.717) is 16.9 Å². The first kappa shape index (κ1) is 19.7. The highest BCUT2D eigenvalue weighted by Crippen LogP contribution is 2.35. The summed E-state index contributed by atoms with van der Waals surface area (Å²) in [6.07, 6.45) is 2.75. The van der Waals surface area contributed by atoms with Crippen molar-refractivity contribution < 1.29 is 9.18 Å². The molecule has 0 aliphatic carbocycles. The fourth-order valence-corrected chi connectivity index (χ4v) is 3.45. The van der Waals surface area contributed by atoms with E-state index in [4.69, 9.17) is 11.0 Å². The molecule has 0 fully saturated rings. The zero-order chi connectivity index (χ0) is 22.2. The second-order valence-electron chi connectivity index (χ2n) is 7.13. The Kier molecular flexibility index (Phi) is 4.68. The molecule has 0 radical (unpaired) electrons. The highest BCUT2D eigenvalue weighted by Gasteiger charge is 2.36. The number of anilines is 1. The Labute approximate surface area is 176 Å². The molecular formula is C21H15FN8O. The first-order chi connectivity index (χ1) is 14.8. The highest BCUT2D eigenvalue weighted by atomic mass is 19.1. The zero-order valence-corrected chi connectivity index (χ0v) is 16.3. The Bertz CT molecular complexity index is 1310. The molecule has 0 bridgehead atoms. The molecule has 0 saturated heterocycles. The van der Waals surface area contributed by atoms with Crippen LogP contribution in [0.15, 0.2) is 47.7 Å². The molecular weight excluding hydrogens is 399 g/mol. The van der Waals surface area contributed by atoms with E-state index >= 15 is 0 Å². The molecule has 0 saturated carbocycles. The first-order valence-corrected chi connectivity index (χ1v) is 9.13. The van der Waals surface area contributed by atoms with E-state index in [2.05, 4.69) is 20.3 Å². The number of benzene rings is 1. The molecule has 1 aliphatic heterocycles. The molecule has 31 heavy (non-hydrogen) atoms. The SMILES string of the molecule is CC1(c2cc(NC(=O)c3ccc(C#N)cn3)ccc2F)Cn2c(cnc2C#N)C(N)=N1. The van der Waals surface area contributed by atoms with Gasteiger partial charge in [0, 0.05) is 17.4 Å². The van der Waals surface area contributed by atoms with Gasteiger partial charge < -0.3 is 15.6 Å². The summed E-state index contributed by atoms with van der Waals surface area (Å²) in [4.78, 5) is 24.9. The number of aliphatic imine (C=N–C) groups is 1. The first-order valence-electron chi connectivity index (χ1n) is 9.13.